The summed E-state index contributed by atoms with van der Waals surface area (Å²) >= 11 is 0. The van der Waals surface area contributed by atoms with Crippen molar-refractivity contribution in [3.63, 3.8) is 0 Å². The number of aliphatic carboxylic acids is 1. The fourth-order valence-electron chi connectivity index (χ4n) is 2.46. The molecule has 1 aromatic rings. The standard InChI is InChI=1S/C13H19N3O3/c1-3-15-9-6-10(14-15)11(17)16-8-5-4-7-13(16,2)12(18)19/h6,9H,3-5,7-8H2,1-2H3,(H,18,19). The number of aryl methyl sites for hydroxylation is 1. The third kappa shape index (κ3) is 2.34. The minimum Gasteiger partial charge on any atom is -0.480 e. The smallest absolute Gasteiger partial charge is 0.329 e. The van der Waals surface area contributed by atoms with Crippen LogP contribution in [0.3, 0.4) is 0 Å². The van der Waals surface area contributed by atoms with Crippen LogP contribution in [0.5, 0.6) is 0 Å². The number of piperidine rings is 1. The number of carboxylic acid groups (broad SMARTS) is 1. The first-order valence-electron chi connectivity index (χ1n) is 6.58. The van der Waals surface area contributed by atoms with Crippen LogP contribution in [0.15, 0.2) is 12.3 Å². The van der Waals surface area contributed by atoms with Crippen LogP contribution >= 0.6 is 0 Å². The Morgan fingerprint density at radius 2 is 2.21 bits per heavy atom. The molecule has 1 atom stereocenters. The Balaban J connectivity index is 2.27. The first kappa shape index (κ1) is 13.6. The van der Waals surface area contributed by atoms with Crippen molar-refractivity contribution in [2.45, 2.75) is 45.2 Å². The van der Waals surface area contributed by atoms with Gasteiger partial charge in [-0.05, 0) is 39.2 Å². The highest BCUT2D eigenvalue weighted by Gasteiger charge is 2.44. The van der Waals surface area contributed by atoms with Gasteiger partial charge < -0.3 is 10.0 Å². The Morgan fingerprint density at radius 3 is 2.79 bits per heavy atom. The molecule has 19 heavy (non-hydrogen) atoms. The van der Waals surface area contributed by atoms with E-state index in [9.17, 15) is 14.7 Å². The molecule has 6 heteroatoms. The van der Waals surface area contributed by atoms with E-state index in [1.165, 1.54) is 4.90 Å². The van der Waals surface area contributed by atoms with Gasteiger partial charge in [0.2, 0.25) is 0 Å². The molecule has 0 aliphatic carbocycles. The molecule has 2 heterocycles. The van der Waals surface area contributed by atoms with E-state index in [-0.39, 0.29) is 5.91 Å². The number of nitrogens with zero attached hydrogens (tertiary/aromatic N) is 3. The zero-order valence-electron chi connectivity index (χ0n) is 11.3. The van der Waals surface area contributed by atoms with Crippen LogP contribution in [0.1, 0.15) is 43.6 Å². The lowest BCUT2D eigenvalue weighted by Crippen LogP contribution is -2.57. The molecular formula is C13H19N3O3. The molecule has 0 spiro atoms. The van der Waals surface area contributed by atoms with Gasteiger partial charge in [0.25, 0.3) is 5.91 Å². The molecule has 0 saturated carbocycles. The molecule has 1 aliphatic heterocycles. The van der Waals surface area contributed by atoms with Crippen molar-refractivity contribution < 1.29 is 14.7 Å². The van der Waals surface area contributed by atoms with Crippen molar-refractivity contribution in [3.8, 4) is 0 Å². The zero-order chi connectivity index (χ0) is 14.0. The maximum atomic E-state index is 12.4. The highest BCUT2D eigenvalue weighted by Crippen LogP contribution is 2.29. The number of rotatable bonds is 3. The monoisotopic (exact) mass is 265 g/mol. The van der Waals surface area contributed by atoms with Crippen molar-refractivity contribution in [3.05, 3.63) is 18.0 Å². The molecule has 1 fully saturated rings. The van der Waals surface area contributed by atoms with Gasteiger partial charge in [-0.2, -0.15) is 5.10 Å². The van der Waals surface area contributed by atoms with Crippen LogP contribution in [0, 0.1) is 0 Å². The molecule has 1 aliphatic rings. The maximum absolute atomic E-state index is 12.4. The molecule has 0 radical (unpaired) electrons. The average Bonchev–Trinajstić information content (AvgIpc) is 2.87. The van der Waals surface area contributed by atoms with E-state index in [4.69, 9.17) is 0 Å². The molecule has 0 aromatic carbocycles. The van der Waals surface area contributed by atoms with Gasteiger partial charge in [-0.1, -0.05) is 0 Å². The minimum atomic E-state index is -1.12. The van der Waals surface area contributed by atoms with E-state index in [1.807, 2.05) is 6.92 Å². The van der Waals surface area contributed by atoms with Crippen LogP contribution in [0.4, 0.5) is 0 Å². The topological polar surface area (TPSA) is 75.4 Å². The second-order valence-electron chi connectivity index (χ2n) is 5.05. The lowest BCUT2D eigenvalue weighted by Gasteiger charge is -2.41. The molecule has 1 unspecified atom stereocenters. The molecule has 1 aromatic heterocycles. The van der Waals surface area contributed by atoms with Crippen LogP contribution < -0.4 is 0 Å². The average molecular weight is 265 g/mol. The van der Waals surface area contributed by atoms with E-state index >= 15 is 0 Å². The minimum absolute atomic E-state index is 0.295. The van der Waals surface area contributed by atoms with Crippen LogP contribution in [-0.4, -0.2) is 43.7 Å². The van der Waals surface area contributed by atoms with Crippen molar-refractivity contribution >= 4 is 11.9 Å². The summed E-state index contributed by atoms with van der Waals surface area (Å²) < 4.78 is 1.66. The highest BCUT2D eigenvalue weighted by atomic mass is 16.4. The first-order valence-corrected chi connectivity index (χ1v) is 6.58. The van der Waals surface area contributed by atoms with Crippen molar-refractivity contribution in [2.24, 2.45) is 0 Å². The molecular weight excluding hydrogens is 246 g/mol. The molecule has 6 nitrogen and oxygen atoms in total. The summed E-state index contributed by atoms with van der Waals surface area (Å²) in [5, 5.41) is 13.6. The summed E-state index contributed by atoms with van der Waals surface area (Å²) in [6, 6.07) is 1.64. The SMILES string of the molecule is CCn1ccc(C(=O)N2CCCCC2(C)C(=O)O)n1. The number of carbonyl (C=O) groups excluding carboxylic acids is 1. The number of amides is 1. The van der Waals surface area contributed by atoms with Gasteiger partial charge in [-0.3, -0.25) is 9.48 Å². The number of hydrogen-bond donors (Lipinski definition) is 1. The van der Waals surface area contributed by atoms with E-state index in [0.29, 0.717) is 25.2 Å². The fraction of sp³-hybridized carbons (Fsp3) is 0.615. The normalized spacial score (nSPS) is 23.4. The van der Waals surface area contributed by atoms with Crippen molar-refractivity contribution in [1.29, 1.82) is 0 Å². The molecule has 104 valence electrons. The van der Waals surface area contributed by atoms with Gasteiger partial charge in [-0.25, -0.2) is 4.79 Å². The van der Waals surface area contributed by atoms with Crippen LogP contribution in [0.2, 0.25) is 0 Å². The van der Waals surface area contributed by atoms with E-state index in [0.717, 1.165) is 12.8 Å². The number of likely N-dealkylation sites (tertiary alicyclic amines) is 1. The highest BCUT2D eigenvalue weighted by molar-refractivity contribution is 5.96. The number of aromatic nitrogens is 2. The summed E-state index contributed by atoms with van der Waals surface area (Å²) in [4.78, 5) is 25.3. The fourth-order valence-corrected chi connectivity index (χ4v) is 2.46. The molecule has 1 amide bonds. The molecule has 1 N–H and O–H groups in total. The van der Waals surface area contributed by atoms with E-state index < -0.39 is 11.5 Å². The van der Waals surface area contributed by atoms with Gasteiger partial charge in [0.15, 0.2) is 0 Å². The second kappa shape index (κ2) is 5.03. The predicted molar refractivity (Wildman–Crippen MR) is 68.8 cm³/mol. The summed E-state index contributed by atoms with van der Waals surface area (Å²) in [6.07, 6.45) is 3.89. The first-order chi connectivity index (χ1) is 8.99. The van der Waals surface area contributed by atoms with Crippen LogP contribution in [0.25, 0.3) is 0 Å². The Morgan fingerprint density at radius 1 is 1.47 bits per heavy atom. The third-order valence-corrected chi connectivity index (χ3v) is 3.78. The summed E-state index contributed by atoms with van der Waals surface area (Å²) in [5.41, 5.74) is -0.804. The Hall–Kier alpha value is -1.85. The quantitative estimate of drug-likeness (QED) is 0.895. The molecule has 1 saturated heterocycles. The van der Waals surface area contributed by atoms with Crippen molar-refractivity contribution in [1.82, 2.24) is 14.7 Å². The molecule has 2 rings (SSSR count). The van der Waals surface area contributed by atoms with Gasteiger partial charge in [0.05, 0.1) is 0 Å². The Kier molecular flexibility index (Phi) is 3.59. The number of carbonyl (C=O) groups is 2. The van der Waals surface area contributed by atoms with Crippen molar-refractivity contribution in [2.75, 3.05) is 6.54 Å². The lowest BCUT2D eigenvalue weighted by molar-refractivity contribution is -0.150. The molecule has 0 bridgehead atoms. The van der Waals surface area contributed by atoms with Gasteiger partial charge in [0, 0.05) is 19.3 Å². The lowest BCUT2D eigenvalue weighted by atomic mass is 9.88. The Bertz CT molecular complexity index is 497. The van der Waals surface area contributed by atoms with E-state index in [1.54, 1.807) is 23.9 Å². The largest absolute Gasteiger partial charge is 0.480 e. The zero-order valence-corrected chi connectivity index (χ0v) is 11.3. The van der Waals surface area contributed by atoms with E-state index in [2.05, 4.69) is 5.10 Å². The summed E-state index contributed by atoms with van der Waals surface area (Å²) in [7, 11) is 0. The maximum Gasteiger partial charge on any atom is 0.329 e. The second-order valence-corrected chi connectivity index (χ2v) is 5.05. The Labute approximate surface area is 112 Å². The van der Waals surface area contributed by atoms with Gasteiger partial charge >= 0.3 is 5.97 Å². The van der Waals surface area contributed by atoms with Gasteiger partial charge in [0.1, 0.15) is 11.2 Å². The summed E-state index contributed by atoms with van der Waals surface area (Å²) in [6.45, 7) is 4.71. The summed E-state index contributed by atoms with van der Waals surface area (Å²) in [5.74, 6) is -1.24. The van der Waals surface area contributed by atoms with Gasteiger partial charge in [-0.15, -0.1) is 0 Å². The third-order valence-electron chi connectivity index (χ3n) is 3.78. The van der Waals surface area contributed by atoms with Crippen LogP contribution in [-0.2, 0) is 11.3 Å². The number of hydrogen-bond acceptors (Lipinski definition) is 3. The predicted octanol–water partition coefficient (Wildman–Crippen LogP) is 1.37. The number of carboxylic acids is 1.